The van der Waals surface area contributed by atoms with Crippen molar-refractivity contribution in [3.8, 4) is 11.1 Å². The first kappa shape index (κ1) is 29.2. The van der Waals surface area contributed by atoms with Crippen LogP contribution in [0.3, 0.4) is 0 Å². The highest BCUT2D eigenvalue weighted by Gasteiger charge is 2.29. The second kappa shape index (κ2) is 11.9. The van der Waals surface area contributed by atoms with E-state index in [1.807, 2.05) is 12.1 Å². The molecule has 1 aliphatic rings. The van der Waals surface area contributed by atoms with Crippen LogP contribution in [-0.4, -0.2) is 41.2 Å². The number of carbonyl (C=O) groups excluding carboxylic acids is 1. The Morgan fingerprint density at radius 2 is 1.74 bits per heavy atom. The van der Waals surface area contributed by atoms with Crippen molar-refractivity contribution in [2.45, 2.75) is 44.7 Å². The predicted octanol–water partition coefficient (Wildman–Crippen LogP) is 4.33. The Hall–Kier alpha value is -4.31. The highest BCUT2D eigenvalue weighted by Crippen LogP contribution is 2.35. The first-order valence-electron chi connectivity index (χ1n) is 14.0. The number of nitrogens with zero attached hydrogens (tertiary/aromatic N) is 4. The summed E-state index contributed by atoms with van der Waals surface area (Å²) in [6, 6.07) is 15.8. The molecule has 3 heterocycles. The summed E-state index contributed by atoms with van der Waals surface area (Å²) < 4.78 is 25.7. The zero-order chi connectivity index (χ0) is 30.0. The maximum atomic E-state index is 13.1. The van der Waals surface area contributed by atoms with E-state index in [-0.39, 0.29) is 28.0 Å². The highest BCUT2D eigenvalue weighted by atomic mass is 32.2. The fourth-order valence-electron chi connectivity index (χ4n) is 5.24. The molecule has 2 aromatic heterocycles. The van der Waals surface area contributed by atoms with Gasteiger partial charge in [-0.2, -0.15) is 0 Å². The van der Waals surface area contributed by atoms with Crippen molar-refractivity contribution in [2.75, 3.05) is 17.2 Å². The van der Waals surface area contributed by atoms with E-state index < -0.39 is 9.84 Å². The normalized spacial score (nSPS) is 15.0. The zero-order valence-electron chi connectivity index (χ0n) is 24.2. The smallest absolute Gasteiger partial charge is 0.251 e. The SMILES string of the molecule is CCS(=O)(=O)c1ccc(CNC(=O)c2ccc3c(c2)CN(c2ncc(-c4ccc(=O)n(C)c4)cn2)C[C@@H]3C(C)C)cc1. The summed E-state index contributed by atoms with van der Waals surface area (Å²) in [4.78, 5) is 36.6. The van der Waals surface area contributed by atoms with Gasteiger partial charge in [-0.3, -0.25) is 9.59 Å². The molecule has 2 aromatic carbocycles. The summed E-state index contributed by atoms with van der Waals surface area (Å²) in [6.45, 7) is 7.63. The number of rotatable bonds is 8. The Bertz CT molecular complexity index is 1760. The number of carbonyl (C=O) groups is 1. The lowest BCUT2D eigenvalue weighted by Gasteiger charge is -2.37. The van der Waals surface area contributed by atoms with Gasteiger partial charge < -0.3 is 14.8 Å². The van der Waals surface area contributed by atoms with E-state index in [9.17, 15) is 18.0 Å². The van der Waals surface area contributed by atoms with Gasteiger partial charge in [-0.25, -0.2) is 18.4 Å². The monoisotopic (exact) mass is 585 g/mol. The number of amides is 1. The second-order valence-electron chi connectivity index (χ2n) is 11.0. The first-order valence-corrected chi connectivity index (χ1v) is 15.7. The third kappa shape index (κ3) is 6.13. The lowest BCUT2D eigenvalue weighted by atomic mass is 9.82. The highest BCUT2D eigenvalue weighted by molar-refractivity contribution is 7.91. The summed E-state index contributed by atoms with van der Waals surface area (Å²) in [5, 5.41) is 2.95. The van der Waals surface area contributed by atoms with Crippen LogP contribution >= 0.6 is 0 Å². The van der Waals surface area contributed by atoms with Crippen LogP contribution in [0.25, 0.3) is 11.1 Å². The molecular weight excluding hydrogens is 550 g/mol. The minimum atomic E-state index is -3.26. The average molecular weight is 586 g/mol. The van der Waals surface area contributed by atoms with Crippen LogP contribution in [0.1, 0.15) is 53.7 Å². The lowest BCUT2D eigenvalue weighted by molar-refractivity contribution is 0.0950. The fourth-order valence-corrected chi connectivity index (χ4v) is 6.12. The van der Waals surface area contributed by atoms with E-state index in [0.717, 1.165) is 28.8 Å². The standard InChI is InChI=1S/C32H35N5O4S/c1-5-42(40,41)27-10-6-22(7-11-27)15-33-31(39)23-8-12-28-25(14-23)19-37(20-29(28)21(2)3)32-34-16-26(17-35-32)24-9-13-30(38)36(4)18-24/h6-14,16-18,21,29H,5,15,19-20H2,1-4H3,(H,33,39)/t29-/m1/s1. The number of fused-ring (bicyclic) bond motifs is 1. The molecule has 1 amide bonds. The van der Waals surface area contributed by atoms with E-state index >= 15 is 0 Å². The molecule has 5 rings (SSSR count). The largest absolute Gasteiger partial charge is 0.348 e. The third-order valence-electron chi connectivity index (χ3n) is 7.84. The molecule has 1 aliphatic heterocycles. The molecule has 218 valence electrons. The maximum absolute atomic E-state index is 13.1. The molecule has 0 spiro atoms. The number of benzene rings is 2. The molecule has 1 N–H and O–H groups in total. The number of nitrogens with one attached hydrogen (secondary N) is 1. The fraction of sp³-hybridized carbons (Fsp3) is 0.312. The van der Waals surface area contributed by atoms with Crippen LogP contribution in [0.5, 0.6) is 0 Å². The number of sulfone groups is 1. The molecule has 10 heteroatoms. The van der Waals surface area contributed by atoms with Crippen molar-refractivity contribution >= 4 is 21.7 Å². The molecule has 42 heavy (non-hydrogen) atoms. The van der Waals surface area contributed by atoms with E-state index in [0.29, 0.717) is 30.5 Å². The zero-order valence-corrected chi connectivity index (χ0v) is 25.1. The average Bonchev–Trinajstić information content (AvgIpc) is 3.00. The van der Waals surface area contributed by atoms with Crippen LogP contribution < -0.4 is 15.8 Å². The van der Waals surface area contributed by atoms with E-state index in [1.165, 1.54) is 16.2 Å². The number of hydrogen-bond donors (Lipinski definition) is 1. The predicted molar refractivity (Wildman–Crippen MR) is 163 cm³/mol. The molecule has 0 unspecified atom stereocenters. The number of aromatic nitrogens is 3. The van der Waals surface area contributed by atoms with Crippen LogP contribution in [0, 0.1) is 5.92 Å². The second-order valence-corrected chi connectivity index (χ2v) is 13.3. The minimum Gasteiger partial charge on any atom is -0.348 e. The molecule has 9 nitrogen and oxygen atoms in total. The van der Waals surface area contributed by atoms with Gasteiger partial charge in [-0.05, 0) is 52.9 Å². The van der Waals surface area contributed by atoms with Crippen molar-refractivity contribution in [3.05, 3.63) is 106 Å². The molecular formula is C32H35N5O4S. The number of anilines is 1. The molecule has 0 saturated carbocycles. The Morgan fingerprint density at radius 1 is 1.02 bits per heavy atom. The molecule has 4 aromatic rings. The van der Waals surface area contributed by atoms with Gasteiger partial charge in [0.25, 0.3) is 5.91 Å². The molecule has 0 aliphatic carbocycles. The van der Waals surface area contributed by atoms with E-state index in [1.54, 1.807) is 62.9 Å². The lowest BCUT2D eigenvalue weighted by Crippen LogP contribution is -2.37. The van der Waals surface area contributed by atoms with Crippen molar-refractivity contribution in [2.24, 2.45) is 13.0 Å². The summed E-state index contributed by atoms with van der Waals surface area (Å²) in [7, 11) is -1.55. The summed E-state index contributed by atoms with van der Waals surface area (Å²) >= 11 is 0. The van der Waals surface area contributed by atoms with Gasteiger partial charge in [-0.1, -0.05) is 39.0 Å². The van der Waals surface area contributed by atoms with Crippen LogP contribution in [-0.2, 0) is 30.0 Å². The Labute approximate surface area is 246 Å². The summed E-state index contributed by atoms with van der Waals surface area (Å²) in [5.41, 5.74) is 5.29. The van der Waals surface area contributed by atoms with E-state index in [2.05, 4.69) is 40.1 Å². The maximum Gasteiger partial charge on any atom is 0.251 e. The Kier molecular flexibility index (Phi) is 8.27. The van der Waals surface area contributed by atoms with E-state index in [4.69, 9.17) is 0 Å². The van der Waals surface area contributed by atoms with Gasteiger partial charge in [0.15, 0.2) is 9.84 Å². The number of pyridine rings is 1. The van der Waals surface area contributed by atoms with Crippen molar-refractivity contribution in [3.63, 3.8) is 0 Å². The topological polar surface area (TPSA) is 114 Å². The summed E-state index contributed by atoms with van der Waals surface area (Å²) in [5.74, 6) is 1.08. The van der Waals surface area contributed by atoms with Gasteiger partial charge in [0, 0.05) is 73.9 Å². The molecule has 0 fully saturated rings. The molecule has 1 atom stereocenters. The van der Waals surface area contributed by atoms with Gasteiger partial charge in [0.1, 0.15) is 0 Å². The number of hydrogen-bond acceptors (Lipinski definition) is 7. The Morgan fingerprint density at radius 3 is 2.38 bits per heavy atom. The Balaban J connectivity index is 1.32. The quantitative estimate of drug-likeness (QED) is 0.328. The van der Waals surface area contributed by atoms with Crippen molar-refractivity contribution in [1.29, 1.82) is 0 Å². The third-order valence-corrected chi connectivity index (χ3v) is 9.59. The first-order chi connectivity index (χ1) is 20.1. The van der Waals surface area contributed by atoms with Crippen LogP contribution in [0.4, 0.5) is 5.95 Å². The van der Waals surface area contributed by atoms with Crippen molar-refractivity contribution in [1.82, 2.24) is 19.9 Å². The van der Waals surface area contributed by atoms with Gasteiger partial charge in [0.2, 0.25) is 11.5 Å². The molecule has 0 saturated heterocycles. The molecule has 0 radical (unpaired) electrons. The summed E-state index contributed by atoms with van der Waals surface area (Å²) in [6.07, 6.45) is 5.32. The van der Waals surface area contributed by atoms with Crippen molar-refractivity contribution < 1.29 is 13.2 Å². The van der Waals surface area contributed by atoms with Crippen LogP contribution in [0.15, 0.2) is 82.9 Å². The minimum absolute atomic E-state index is 0.0464. The van der Waals surface area contributed by atoms with Crippen LogP contribution in [0.2, 0.25) is 0 Å². The van der Waals surface area contributed by atoms with Gasteiger partial charge in [0.05, 0.1) is 10.6 Å². The van der Waals surface area contributed by atoms with Gasteiger partial charge in [-0.15, -0.1) is 0 Å². The van der Waals surface area contributed by atoms with Gasteiger partial charge >= 0.3 is 0 Å². The molecule has 0 bridgehead atoms. The number of aryl methyl sites for hydroxylation is 1.